The monoisotopic (exact) mass is 455 g/mol. The Balaban J connectivity index is 1.48. The average molecular weight is 456 g/mol. The van der Waals surface area contributed by atoms with Crippen molar-refractivity contribution in [1.29, 1.82) is 0 Å². The molecule has 1 amide bonds. The summed E-state index contributed by atoms with van der Waals surface area (Å²) >= 11 is 0. The van der Waals surface area contributed by atoms with Crippen molar-refractivity contribution in [3.63, 3.8) is 0 Å². The van der Waals surface area contributed by atoms with E-state index in [1.165, 1.54) is 0 Å². The zero-order valence-corrected chi connectivity index (χ0v) is 18.3. The number of benzene rings is 1. The van der Waals surface area contributed by atoms with Crippen LogP contribution >= 0.6 is 0 Å². The lowest BCUT2D eigenvalue weighted by Crippen LogP contribution is -2.41. The molecule has 0 bridgehead atoms. The van der Waals surface area contributed by atoms with Gasteiger partial charge < -0.3 is 31.0 Å². The molecule has 10 nitrogen and oxygen atoms in total. The molecule has 176 valence electrons. The highest BCUT2D eigenvalue weighted by Crippen LogP contribution is 2.24. The predicted octanol–water partition coefficient (Wildman–Crippen LogP) is 1.60. The average Bonchev–Trinajstić information content (AvgIpc) is 2.85. The smallest absolute Gasteiger partial charge is 0.303 e. The summed E-state index contributed by atoms with van der Waals surface area (Å²) in [5.41, 5.74) is 7.91. The van der Waals surface area contributed by atoms with E-state index in [0.717, 1.165) is 31.6 Å². The first kappa shape index (κ1) is 23.8. The molecule has 0 radical (unpaired) electrons. The van der Waals surface area contributed by atoms with Crippen molar-refractivity contribution in [1.82, 2.24) is 10.3 Å². The van der Waals surface area contributed by atoms with Crippen molar-refractivity contribution in [3.8, 4) is 5.75 Å². The molecule has 3 rings (SSSR count). The number of oxime groups is 1. The second kappa shape index (κ2) is 11.7. The number of aryl methyl sites for hydroxylation is 1. The summed E-state index contributed by atoms with van der Waals surface area (Å²) < 4.78 is 5.80. The van der Waals surface area contributed by atoms with Crippen LogP contribution in [-0.4, -0.2) is 59.3 Å². The van der Waals surface area contributed by atoms with Crippen LogP contribution in [-0.2, 0) is 16.0 Å². The standard InChI is InChI=1S/C23H29N5O5/c24-22(27-32)18-2-1-16(3-4-21(29)30)20(15-18)33-14-11-26-23(31)17-7-12-28(13-8-17)19-5-9-25-10-6-19/h1-2,5-6,9-10,15,17,32H,3-4,7-8,11-14H2,(H2,24,27)(H,26,31)(H,29,30). The molecule has 1 aliphatic rings. The molecule has 2 heterocycles. The van der Waals surface area contributed by atoms with Crippen LogP contribution in [0.5, 0.6) is 5.75 Å². The summed E-state index contributed by atoms with van der Waals surface area (Å²) in [5, 5.41) is 23.8. The highest BCUT2D eigenvalue weighted by atomic mass is 16.5. The summed E-state index contributed by atoms with van der Waals surface area (Å²) in [6, 6.07) is 8.87. The van der Waals surface area contributed by atoms with Crippen molar-refractivity contribution >= 4 is 23.4 Å². The highest BCUT2D eigenvalue weighted by Gasteiger charge is 2.24. The second-order valence-corrected chi connectivity index (χ2v) is 7.81. The molecule has 1 aromatic heterocycles. The van der Waals surface area contributed by atoms with E-state index in [1.807, 2.05) is 12.1 Å². The van der Waals surface area contributed by atoms with Crippen LogP contribution in [0, 0.1) is 5.92 Å². The molecule has 1 saturated heterocycles. The number of carbonyl (C=O) groups is 2. The summed E-state index contributed by atoms with van der Waals surface area (Å²) in [6.45, 7) is 2.15. The topological polar surface area (TPSA) is 150 Å². The molecule has 1 aliphatic heterocycles. The van der Waals surface area contributed by atoms with Crippen LogP contribution in [0.15, 0.2) is 47.9 Å². The molecule has 1 aromatic carbocycles. The van der Waals surface area contributed by atoms with Gasteiger partial charge in [-0.1, -0.05) is 17.3 Å². The number of carboxylic acids is 1. The zero-order valence-electron chi connectivity index (χ0n) is 18.3. The first-order valence-corrected chi connectivity index (χ1v) is 10.9. The number of nitrogens with one attached hydrogen (secondary N) is 1. The van der Waals surface area contributed by atoms with E-state index >= 15 is 0 Å². The Morgan fingerprint density at radius 3 is 2.61 bits per heavy atom. The SMILES string of the molecule is NC(=NO)c1ccc(CCC(=O)O)c(OCCNC(=O)C2CCN(c3ccncc3)CC2)c1. The van der Waals surface area contributed by atoms with Crippen LogP contribution in [0.25, 0.3) is 0 Å². The number of amides is 1. The van der Waals surface area contributed by atoms with Gasteiger partial charge in [-0.15, -0.1) is 0 Å². The maximum atomic E-state index is 12.6. The fraction of sp³-hybridized carbons (Fsp3) is 0.391. The third kappa shape index (κ3) is 6.83. The fourth-order valence-corrected chi connectivity index (χ4v) is 3.79. The largest absolute Gasteiger partial charge is 0.491 e. The molecule has 0 unspecified atom stereocenters. The molecule has 2 aromatic rings. The van der Waals surface area contributed by atoms with E-state index in [-0.39, 0.29) is 37.1 Å². The van der Waals surface area contributed by atoms with E-state index in [9.17, 15) is 9.59 Å². The molecule has 33 heavy (non-hydrogen) atoms. The minimum atomic E-state index is -0.913. The molecular weight excluding hydrogens is 426 g/mol. The van der Waals surface area contributed by atoms with E-state index in [1.54, 1.807) is 30.6 Å². The Morgan fingerprint density at radius 2 is 1.94 bits per heavy atom. The summed E-state index contributed by atoms with van der Waals surface area (Å²) in [6.07, 6.45) is 5.31. The fourth-order valence-electron chi connectivity index (χ4n) is 3.79. The van der Waals surface area contributed by atoms with Crippen molar-refractivity contribution in [2.75, 3.05) is 31.1 Å². The Morgan fingerprint density at radius 1 is 1.21 bits per heavy atom. The summed E-state index contributed by atoms with van der Waals surface area (Å²) in [4.78, 5) is 29.8. The lowest BCUT2D eigenvalue weighted by Gasteiger charge is -2.32. The molecule has 0 aliphatic carbocycles. The van der Waals surface area contributed by atoms with Gasteiger partial charge in [0.05, 0.1) is 6.54 Å². The predicted molar refractivity (Wildman–Crippen MR) is 123 cm³/mol. The first-order valence-electron chi connectivity index (χ1n) is 10.9. The molecule has 0 spiro atoms. The van der Waals surface area contributed by atoms with Crippen molar-refractivity contribution < 1.29 is 24.6 Å². The number of nitrogens with two attached hydrogens (primary N) is 1. The van der Waals surface area contributed by atoms with Crippen LogP contribution in [0.1, 0.15) is 30.4 Å². The third-order valence-electron chi connectivity index (χ3n) is 5.63. The van der Waals surface area contributed by atoms with Crippen molar-refractivity contribution in [2.45, 2.75) is 25.7 Å². The van der Waals surface area contributed by atoms with Gasteiger partial charge in [-0.3, -0.25) is 14.6 Å². The number of aliphatic carboxylic acids is 1. The number of hydrogen-bond donors (Lipinski definition) is 4. The summed E-state index contributed by atoms with van der Waals surface area (Å²) in [7, 11) is 0. The quantitative estimate of drug-likeness (QED) is 0.139. The minimum absolute atomic E-state index is 0.00416. The number of rotatable bonds is 10. The van der Waals surface area contributed by atoms with E-state index in [0.29, 0.717) is 23.4 Å². The van der Waals surface area contributed by atoms with Gasteiger partial charge in [0.25, 0.3) is 0 Å². The Hall–Kier alpha value is -3.82. The second-order valence-electron chi connectivity index (χ2n) is 7.81. The Bertz CT molecular complexity index is 974. The van der Waals surface area contributed by atoms with Gasteiger partial charge in [0.2, 0.25) is 5.91 Å². The van der Waals surface area contributed by atoms with Gasteiger partial charge in [-0.2, -0.15) is 0 Å². The van der Waals surface area contributed by atoms with Gasteiger partial charge in [0.15, 0.2) is 5.84 Å². The number of pyridine rings is 1. The Labute approximate surface area is 192 Å². The maximum absolute atomic E-state index is 12.6. The number of anilines is 1. The van der Waals surface area contributed by atoms with Gasteiger partial charge in [-0.05, 0) is 43.0 Å². The highest BCUT2D eigenvalue weighted by molar-refractivity contribution is 5.97. The van der Waals surface area contributed by atoms with Gasteiger partial charge in [0.1, 0.15) is 12.4 Å². The van der Waals surface area contributed by atoms with Gasteiger partial charge in [-0.25, -0.2) is 0 Å². The van der Waals surface area contributed by atoms with Crippen molar-refractivity contribution in [3.05, 3.63) is 53.9 Å². The van der Waals surface area contributed by atoms with Crippen LogP contribution in [0.3, 0.4) is 0 Å². The minimum Gasteiger partial charge on any atom is -0.491 e. The number of carbonyl (C=O) groups excluding carboxylic acids is 1. The molecule has 5 N–H and O–H groups in total. The third-order valence-corrected chi connectivity index (χ3v) is 5.63. The molecular formula is C23H29N5O5. The normalized spacial score (nSPS) is 14.7. The zero-order chi connectivity index (χ0) is 23.6. The van der Waals surface area contributed by atoms with Gasteiger partial charge in [0, 0.05) is 49.1 Å². The van der Waals surface area contributed by atoms with E-state index < -0.39 is 5.97 Å². The molecule has 1 fully saturated rings. The number of nitrogens with zero attached hydrogens (tertiary/aromatic N) is 3. The first-order chi connectivity index (χ1) is 16.0. The Kier molecular flexibility index (Phi) is 8.45. The number of hydrogen-bond acceptors (Lipinski definition) is 7. The molecule has 0 atom stereocenters. The van der Waals surface area contributed by atoms with Gasteiger partial charge >= 0.3 is 5.97 Å². The van der Waals surface area contributed by atoms with Crippen LogP contribution < -0.4 is 20.7 Å². The van der Waals surface area contributed by atoms with Crippen LogP contribution in [0.2, 0.25) is 0 Å². The van der Waals surface area contributed by atoms with Crippen LogP contribution in [0.4, 0.5) is 5.69 Å². The number of carboxylic acid groups (broad SMARTS) is 1. The van der Waals surface area contributed by atoms with Crippen molar-refractivity contribution in [2.24, 2.45) is 16.8 Å². The number of ether oxygens (including phenoxy) is 1. The number of amidine groups is 1. The van der Waals surface area contributed by atoms with E-state index in [4.69, 9.17) is 20.8 Å². The number of aromatic nitrogens is 1. The maximum Gasteiger partial charge on any atom is 0.303 e. The lowest BCUT2D eigenvalue weighted by molar-refractivity contribution is -0.137. The van der Waals surface area contributed by atoms with E-state index in [2.05, 4.69) is 20.4 Å². The number of piperidine rings is 1. The molecule has 10 heteroatoms. The summed E-state index contributed by atoms with van der Waals surface area (Å²) in [5.74, 6) is -0.581. The molecule has 0 saturated carbocycles. The lowest BCUT2D eigenvalue weighted by atomic mass is 9.95.